The average molecular weight is 206 g/mol. The molecular formula is C9H14N6. The summed E-state index contributed by atoms with van der Waals surface area (Å²) in [7, 11) is 1.89. The predicted molar refractivity (Wildman–Crippen MR) is 56.7 cm³/mol. The van der Waals surface area contributed by atoms with Gasteiger partial charge in [-0.15, -0.1) is 5.10 Å². The van der Waals surface area contributed by atoms with Gasteiger partial charge in [0.05, 0.1) is 17.6 Å². The molecule has 2 rings (SSSR count). The van der Waals surface area contributed by atoms with E-state index in [0.717, 1.165) is 23.5 Å². The van der Waals surface area contributed by atoms with Crippen LogP contribution < -0.4 is 5.73 Å². The van der Waals surface area contributed by atoms with E-state index >= 15 is 0 Å². The summed E-state index contributed by atoms with van der Waals surface area (Å²) in [5.74, 6) is 0.459. The molecule has 80 valence electrons. The zero-order valence-corrected chi connectivity index (χ0v) is 9.10. The van der Waals surface area contributed by atoms with Crippen LogP contribution in [0.5, 0.6) is 0 Å². The van der Waals surface area contributed by atoms with E-state index in [0.29, 0.717) is 5.82 Å². The molecule has 6 heteroatoms. The minimum Gasteiger partial charge on any atom is -0.381 e. The van der Waals surface area contributed by atoms with Crippen LogP contribution in [0.4, 0.5) is 5.82 Å². The Morgan fingerprint density at radius 1 is 1.47 bits per heavy atom. The van der Waals surface area contributed by atoms with Gasteiger partial charge >= 0.3 is 0 Å². The maximum Gasteiger partial charge on any atom is 0.169 e. The third kappa shape index (κ3) is 1.47. The highest BCUT2D eigenvalue weighted by atomic mass is 15.5. The van der Waals surface area contributed by atoms with Crippen LogP contribution in [-0.4, -0.2) is 24.8 Å². The maximum atomic E-state index is 5.65. The lowest BCUT2D eigenvalue weighted by atomic mass is 10.3. The number of hydrogen-bond donors (Lipinski definition) is 1. The highest BCUT2D eigenvalue weighted by molar-refractivity contribution is 5.41. The van der Waals surface area contributed by atoms with Crippen molar-refractivity contribution in [3.05, 3.63) is 17.6 Å². The van der Waals surface area contributed by atoms with Crippen molar-refractivity contribution in [2.75, 3.05) is 5.73 Å². The Labute approximate surface area is 87.7 Å². The summed E-state index contributed by atoms with van der Waals surface area (Å²) < 4.78 is 3.49. The zero-order valence-electron chi connectivity index (χ0n) is 9.10. The first-order valence-electron chi connectivity index (χ1n) is 4.84. The topological polar surface area (TPSA) is 74.5 Å². The molecule has 0 aromatic carbocycles. The summed E-state index contributed by atoms with van der Waals surface area (Å²) in [6, 6.07) is 0. The van der Waals surface area contributed by atoms with Gasteiger partial charge in [0.1, 0.15) is 5.69 Å². The molecule has 15 heavy (non-hydrogen) atoms. The third-order valence-electron chi connectivity index (χ3n) is 2.38. The smallest absolute Gasteiger partial charge is 0.169 e. The minimum atomic E-state index is 0.459. The van der Waals surface area contributed by atoms with Crippen LogP contribution in [0.1, 0.15) is 18.3 Å². The van der Waals surface area contributed by atoms with E-state index in [2.05, 4.69) is 22.3 Å². The van der Waals surface area contributed by atoms with Gasteiger partial charge in [0, 0.05) is 7.05 Å². The fourth-order valence-electron chi connectivity index (χ4n) is 1.52. The lowest BCUT2D eigenvalue weighted by Gasteiger charge is -2.00. The van der Waals surface area contributed by atoms with E-state index < -0.39 is 0 Å². The number of nitrogens with zero attached hydrogens (tertiary/aromatic N) is 5. The van der Waals surface area contributed by atoms with Crippen LogP contribution in [0, 0.1) is 6.92 Å². The van der Waals surface area contributed by atoms with Crippen molar-refractivity contribution in [2.24, 2.45) is 7.05 Å². The van der Waals surface area contributed by atoms with Gasteiger partial charge in [-0.05, 0) is 13.3 Å². The van der Waals surface area contributed by atoms with Crippen LogP contribution in [0.15, 0.2) is 6.20 Å². The van der Waals surface area contributed by atoms with Crippen LogP contribution in [0.25, 0.3) is 5.69 Å². The lowest BCUT2D eigenvalue weighted by molar-refractivity contribution is 0.746. The molecule has 0 saturated carbocycles. The van der Waals surface area contributed by atoms with Crippen LogP contribution in [0.3, 0.4) is 0 Å². The van der Waals surface area contributed by atoms with Crippen molar-refractivity contribution in [2.45, 2.75) is 20.3 Å². The summed E-state index contributed by atoms with van der Waals surface area (Å²) in [6.45, 7) is 3.95. The minimum absolute atomic E-state index is 0.459. The van der Waals surface area contributed by atoms with Crippen LogP contribution >= 0.6 is 0 Å². The lowest BCUT2D eigenvalue weighted by Crippen LogP contribution is -2.01. The van der Waals surface area contributed by atoms with E-state index in [1.165, 1.54) is 0 Å². The Bertz CT molecular complexity index is 481. The first kappa shape index (κ1) is 9.70. The molecule has 6 nitrogen and oxygen atoms in total. The average Bonchev–Trinajstić information content (AvgIpc) is 2.72. The second-order valence-corrected chi connectivity index (χ2v) is 3.46. The van der Waals surface area contributed by atoms with E-state index in [-0.39, 0.29) is 0 Å². The normalized spacial score (nSPS) is 10.9. The molecule has 0 saturated heterocycles. The van der Waals surface area contributed by atoms with Crippen molar-refractivity contribution < 1.29 is 0 Å². The van der Waals surface area contributed by atoms with Gasteiger partial charge in [-0.2, -0.15) is 5.10 Å². The van der Waals surface area contributed by atoms with Crippen molar-refractivity contribution in [3.63, 3.8) is 0 Å². The van der Waals surface area contributed by atoms with Gasteiger partial charge in [-0.1, -0.05) is 12.1 Å². The fraction of sp³-hybridized carbons (Fsp3) is 0.444. The molecule has 0 aliphatic rings. The number of aryl methyl sites for hydroxylation is 2. The quantitative estimate of drug-likeness (QED) is 0.774. The maximum absolute atomic E-state index is 5.65. The SMILES string of the molecule is CCc1nn(C)cc1-n1nnc(N)c1C. The van der Waals surface area contributed by atoms with Crippen LogP contribution in [-0.2, 0) is 13.5 Å². The van der Waals surface area contributed by atoms with Gasteiger partial charge in [0.2, 0.25) is 0 Å². The summed E-state index contributed by atoms with van der Waals surface area (Å²) >= 11 is 0. The van der Waals surface area contributed by atoms with Gasteiger partial charge in [-0.25, -0.2) is 4.68 Å². The Morgan fingerprint density at radius 3 is 2.73 bits per heavy atom. The highest BCUT2D eigenvalue weighted by Gasteiger charge is 2.13. The number of nitrogen functional groups attached to an aromatic ring is 1. The van der Waals surface area contributed by atoms with Gasteiger partial charge < -0.3 is 5.73 Å². The molecular weight excluding hydrogens is 192 g/mol. The molecule has 0 radical (unpaired) electrons. The number of rotatable bonds is 2. The molecule has 0 aliphatic carbocycles. The molecule has 0 atom stereocenters. The van der Waals surface area contributed by atoms with E-state index in [4.69, 9.17) is 5.73 Å². The second kappa shape index (κ2) is 3.38. The number of anilines is 1. The molecule has 0 amide bonds. The third-order valence-corrected chi connectivity index (χ3v) is 2.38. The summed E-state index contributed by atoms with van der Waals surface area (Å²) in [5.41, 5.74) is 8.44. The first-order chi connectivity index (χ1) is 7.13. The molecule has 2 aromatic heterocycles. The van der Waals surface area contributed by atoms with Gasteiger partial charge in [0.15, 0.2) is 5.82 Å². The van der Waals surface area contributed by atoms with E-state index in [1.54, 1.807) is 9.36 Å². The van der Waals surface area contributed by atoms with Gasteiger partial charge in [-0.3, -0.25) is 4.68 Å². The molecule has 0 bridgehead atoms. The molecule has 0 aliphatic heterocycles. The van der Waals surface area contributed by atoms with Crippen molar-refractivity contribution >= 4 is 5.82 Å². The molecule has 2 heterocycles. The Morgan fingerprint density at radius 2 is 2.20 bits per heavy atom. The van der Waals surface area contributed by atoms with E-state index in [9.17, 15) is 0 Å². The number of nitrogens with two attached hydrogens (primary N) is 1. The molecule has 0 unspecified atom stereocenters. The summed E-state index contributed by atoms with van der Waals surface area (Å²) in [4.78, 5) is 0. The number of hydrogen-bond acceptors (Lipinski definition) is 4. The molecule has 0 spiro atoms. The Balaban J connectivity index is 2.57. The standard InChI is InChI=1S/C9H14N6/c1-4-7-8(5-14(3)12-7)15-6(2)9(10)11-13-15/h5H,4,10H2,1-3H3. The van der Waals surface area contributed by atoms with Crippen molar-refractivity contribution in [1.82, 2.24) is 24.8 Å². The van der Waals surface area contributed by atoms with Crippen molar-refractivity contribution in [1.29, 1.82) is 0 Å². The Kier molecular flexibility index (Phi) is 2.18. The summed E-state index contributed by atoms with van der Waals surface area (Å²) in [6.07, 6.45) is 2.77. The van der Waals surface area contributed by atoms with Crippen molar-refractivity contribution in [3.8, 4) is 5.69 Å². The fourth-order valence-corrected chi connectivity index (χ4v) is 1.52. The molecule has 2 N–H and O–H groups in total. The second-order valence-electron chi connectivity index (χ2n) is 3.46. The molecule has 0 fully saturated rings. The zero-order chi connectivity index (χ0) is 11.0. The monoisotopic (exact) mass is 206 g/mol. The Hall–Kier alpha value is -1.85. The highest BCUT2D eigenvalue weighted by Crippen LogP contribution is 2.16. The van der Waals surface area contributed by atoms with Crippen LogP contribution in [0.2, 0.25) is 0 Å². The number of aromatic nitrogens is 5. The first-order valence-corrected chi connectivity index (χ1v) is 4.84. The summed E-state index contributed by atoms with van der Waals surface area (Å²) in [5, 5.41) is 12.2. The molecule has 2 aromatic rings. The van der Waals surface area contributed by atoms with Gasteiger partial charge in [0.25, 0.3) is 0 Å². The predicted octanol–water partition coefficient (Wildman–Crippen LogP) is 0.454. The van der Waals surface area contributed by atoms with E-state index in [1.807, 2.05) is 20.2 Å². The largest absolute Gasteiger partial charge is 0.381 e.